The number of halogens is 2. The number of carbonyl (C=O) groups is 3. The number of ether oxygens (including phenoxy) is 1. The first kappa shape index (κ1) is 19.9. The van der Waals surface area contributed by atoms with Gasteiger partial charge < -0.3 is 10.1 Å². The van der Waals surface area contributed by atoms with Crippen molar-refractivity contribution in [2.24, 2.45) is 0 Å². The molecule has 4 rings (SSSR count). The van der Waals surface area contributed by atoms with Gasteiger partial charge in [-0.3, -0.25) is 14.4 Å². The molecule has 150 valence electrons. The Hall–Kier alpha value is -3.35. The lowest BCUT2D eigenvalue weighted by atomic mass is 10.1. The predicted octanol–water partition coefficient (Wildman–Crippen LogP) is 4.81. The lowest BCUT2D eigenvalue weighted by Gasteiger charge is -2.15. The van der Waals surface area contributed by atoms with Crippen LogP contribution in [0.3, 0.4) is 0 Å². The van der Waals surface area contributed by atoms with Gasteiger partial charge in [0, 0.05) is 11.8 Å². The number of nitrogens with zero attached hydrogens (tertiary/aromatic N) is 1. The maximum Gasteiger partial charge on any atom is 0.266 e. The van der Waals surface area contributed by atoms with Crippen molar-refractivity contribution in [3.05, 3.63) is 87.9 Å². The third-order valence-corrected chi connectivity index (χ3v) is 5.18. The predicted molar refractivity (Wildman–Crippen MR) is 115 cm³/mol. The van der Waals surface area contributed by atoms with Crippen LogP contribution in [0.15, 0.2) is 66.7 Å². The molecular weight excluding hydrogens is 427 g/mol. The highest BCUT2D eigenvalue weighted by atomic mass is 35.5. The number of hydrogen-bond acceptors (Lipinski definition) is 4. The van der Waals surface area contributed by atoms with E-state index in [-0.39, 0.29) is 6.61 Å². The number of nitrogens with one attached hydrogen (secondary N) is 1. The summed E-state index contributed by atoms with van der Waals surface area (Å²) in [6.45, 7) is -0.255. The maximum atomic E-state index is 12.6. The Kier molecular flexibility index (Phi) is 5.44. The van der Waals surface area contributed by atoms with Crippen LogP contribution in [0.2, 0.25) is 10.0 Å². The molecule has 3 aromatic rings. The fourth-order valence-electron chi connectivity index (χ4n) is 3.06. The lowest BCUT2D eigenvalue weighted by molar-refractivity contribution is -0.118. The monoisotopic (exact) mass is 440 g/mol. The highest BCUT2D eigenvalue weighted by Gasteiger charge is 2.36. The Balaban J connectivity index is 1.45. The number of carbonyl (C=O) groups excluding carboxylic acids is 3. The minimum atomic E-state index is -0.416. The van der Waals surface area contributed by atoms with Crippen LogP contribution in [0.5, 0.6) is 5.75 Å². The van der Waals surface area contributed by atoms with Crippen LogP contribution in [0.4, 0.5) is 11.4 Å². The van der Waals surface area contributed by atoms with Gasteiger partial charge in [-0.2, -0.15) is 0 Å². The Bertz CT molecular complexity index is 1140. The van der Waals surface area contributed by atoms with Gasteiger partial charge in [0.15, 0.2) is 6.61 Å². The normalized spacial score (nSPS) is 12.7. The van der Waals surface area contributed by atoms with Gasteiger partial charge in [-0.05, 0) is 42.5 Å². The first-order valence-electron chi connectivity index (χ1n) is 8.89. The van der Waals surface area contributed by atoms with Gasteiger partial charge >= 0.3 is 0 Å². The van der Waals surface area contributed by atoms with E-state index in [9.17, 15) is 14.4 Å². The van der Waals surface area contributed by atoms with Crippen LogP contribution < -0.4 is 15.0 Å². The second-order valence-corrected chi connectivity index (χ2v) is 7.27. The number of fused-ring (bicyclic) bond motifs is 1. The van der Waals surface area contributed by atoms with Crippen LogP contribution in [-0.2, 0) is 4.79 Å². The largest absolute Gasteiger partial charge is 0.484 e. The molecule has 0 spiro atoms. The van der Waals surface area contributed by atoms with Crippen LogP contribution in [0.25, 0.3) is 0 Å². The summed E-state index contributed by atoms with van der Waals surface area (Å²) in [6, 6.07) is 17.8. The van der Waals surface area contributed by atoms with Crippen LogP contribution in [0.1, 0.15) is 20.7 Å². The molecular formula is C22H14Cl2N2O4. The first-order chi connectivity index (χ1) is 14.4. The molecule has 0 unspecified atom stereocenters. The highest BCUT2D eigenvalue weighted by Crippen LogP contribution is 2.30. The van der Waals surface area contributed by atoms with Crippen molar-refractivity contribution >= 4 is 52.3 Å². The summed E-state index contributed by atoms with van der Waals surface area (Å²) in [4.78, 5) is 38.6. The maximum absolute atomic E-state index is 12.6. The standard InChI is InChI=1S/C22H14Cl2N2O4/c23-18-9-8-15(11-19(18)24)30-12-20(27)25-13-4-3-5-14(10-13)26-21(28)16-6-1-2-7-17(16)22(26)29/h1-11H,12H2,(H,25,27). The van der Waals surface area contributed by atoms with E-state index in [1.54, 1.807) is 60.7 Å². The molecule has 0 radical (unpaired) electrons. The second-order valence-electron chi connectivity index (χ2n) is 6.45. The Labute approximate surface area is 182 Å². The van der Waals surface area contributed by atoms with Crippen molar-refractivity contribution in [3.63, 3.8) is 0 Å². The molecule has 3 amide bonds. The SMILES string of the molecule is O=C(COc1ccc(Cl)c(Cl)c1)Nc1cccc(N2C(=O)c3ccccc3C2=O)c1. The van der Waals surface area contributed by atoms with E-state index in [1.807, 2.05) is 0 Å². The van der Waals surface area contributed by atoms with Gasteiger partial charge in [0.2, 0.25) is 0 Å². The second kappa shape index (κ2) is 8.18. The minimum Gasteiger partial charge on any atom is -0.484 e. The molecule has 1 N–H and O–H groups in total. The van der Waals surface area contributed by atoms with Crippen molar-refractivity contribution in [1.82, 2.24) is 0 Å². The van der Waals surface area contributed by atoms with Gasteiger partial charge in [-0.1, -0.05) is 41.4 Å². The number of hydrogen-bond donors (Lipinski definition) is 1. The van der Waals surface area contributed by atoms with Crippen molar-refractivity contribution in [2.45, 2.75) is 0 Å². The van der Waals surface area contributed by atoms with Crippen molar-refractivity contribution < 1.29 is 19.1 Å². The van der Waals surface area contributed by atoms with Gasteiger partial charge in [0.25, 0.3) is 17.7 Å². The van der Waals surface area contributed by atoms with Crippen molar-refractivity contribution in [3.8, 4) is 5.75 Å². The fourth-order valence-corrected chi connectivity index (χ4v) is 3.35. The summed E-state index contributed by atoms with van der Waals surface area (Å²) in [5.41, 5.74) is 1.50. The summed E-state index contributed by atoms with van der Waals surface area (Å²) in [5.74, 6) is -0.816. The molecule has 0 bridgehead atoms. The molecule has 30 heavy (non-hydrogen) atoms. The summed E-state index contributed by atoms with van der Waals surface area (Å²) >= 11 is 11.8. The zero-order valence-electron chi connectivity index (χ0n) is 15.4. The van der Waals surface area contributed by atoms with E-state index in [1.165, 1.54) is 6.07 Å². The molecule has 3 aromatic carbocycles. The molecule has 0 aromatic heterocycles. The third kappa shape index (κ3) is 3.87. The average molecular weight is 441 g/mol. The molecule has 1 aliphatic rings. The van der Waals surface area contributed by atoms with E-state index in [2.05, 4.69) is 5.32 Å². The summed E-state index contributed by atoms with van der Waals surface area (Å²) in [6.07, 6.45) is 0. The number of amides is 3. The van der Waals surface area contributed by atoms with Crippen LogP contribution in [0, 0.1) is 0 Å². The van der Waals surface area contributed by atoms with Gasteiger partial charge in [-0.15, -0.1) is 0 Å². The summed E-state index contributed by atoms with van der Waals surface area (Å²) < 4.78 is 5.41. The van der Waals surface area contributed by atoms with Gasteiger partial charge in [0.1, 0.15) is 5.75 Å². The van der Waals surface area contributed by atoms with E-state index >= 15 is 0 Å². The molecule has 0 aliphatic carbocycles. The number of anilines is 2. The van der Waals surface area contributed by atoms with E-state index in [4.69, 9.17) is 27.9 Å². The number of rotatable bonds is 5. The molecule has 0 saturated heterocycles. The molecule has 1 heterocycles. The smallest absolute Gasteiger partial charge is 0.266 e. The highest BCUT2D eigenvalue weighted by molar-refractivity contribution is 6.42. The van der Waals surface area contributed by atoms with E-state index < -0.39 is 17.7 Å². The Morgan fingerprint density at radius 2 is 1.57 bits per heavy atom. The van der Waals surface area contributed by atoms with Gasteiger partial charge in [0.05, 0.1) is 26.9 Å². The molecule has 6 nitrogen and oxygen atoms in total. The van der Waals surface area contributed by atoms with Crippen LogP contribution in [-0.4, -0.2) is 24.3 Å². The van der Waals surface area contributed by atoms with Gasteiger partial charge in [-0.25, -0.2) is 4.90 Å². The topological polar surface area (TPSA) is 75.7 Å². The molecule has 1 aliphatic heterocycles. The quantitative estimate of drug-likeness (QED) is 0.577. The number of benzene rings is 3. The van der Waals surface area contributed by atoms with Crippen molar-refractivity contribution in [2.75, 3.05) is 16.8 Å². The zero-order valence-corrected chi connectivity index (χ0v) is 16.9. The summed E-state index contributed by atoms with van der Waals surface area (Å²) in [5, 5.41) is 3.39. The zero-order chi connectivity index (χ0) is 21.3. The minimum absolute atomic E-state index is 0.255. The third-order valence-electron chi connectivity index (χ3n) is 4.44. The lowest BCUT2D eigenvalue weighted by Crippen LogP contribution is -2.29. The Morgan fingerprint density at radius 1 is 0.867 bits per heavy atom. The summed E-state index contributed by atoms with van der Waals surface area (Å²) in [7, 11) is 0. The molecule has 8 heteroatoms. The van der Waals surface area contributed by atoms with Crippen molar-refractivity contribution in [1.29, 1.82) is 0 Å². The van der Waals surface area contributed by atoms with E-state index in [0.29, 0.717) is 38.3 Å². The average Bonchev–Trinajstić information content (AvgIpc) is 3.00. The Morgan fingerprint density at radius 3 is 2.23 bits per heavy atom. The van der Waals surface area contributed by atoms with Crippen LogP contribution >= 0.6 is 23.2 Å². The number of imide groups is 1. The molecule has 0 atom stereocenters. The molecule has 0 saturated carbocycles. The fraction of sp³-hybridized carbons (Fsp3) is 0.0455. The van der Waals surface area contributed by atoms with E-state index in [0.717, 1.165) is 4.90 Å². The molecule has 0 fully saturated rings. The first-order valence-corrected chi connectivity index (χ1v) is 9.65.